The van der Waals surface area contributed by atoms with E-state index in [1.807, 2.05) is 18.2 Å². The van der Waals surface area contributed by atoms with Crippen LogP contribution < -0.4 is 9.47 Å². The first-order valence-corrected chi connectivity index (χ1v) is 5.04. The fourth-order valence-corrected chi connectivity index (χ4v) is 1.51. The first kappa shape index (κ1) is 10.5. The fourth-order valence-electron chi connectivity index (χ4n) is 1.51. The lowest BCUT2D eigenvalue weighted by molar-refractivity contribution is -0.131. The second kappa shape index (κ2) is 4.70. The van der Waals surface area contributed by atoms with Crippen LogP contribution in [0.25, 0.3) is 0 Å². The molecule has 0 atom stereocenters. The Bertz CT molecular complexity index is 423. The Hall–Kier alpha value is -1.97. The second-order valence-corrected chi connectivity index (χ2v) is 3.42. The Morgan fingerprint density at radius 2 is 2.06 bits per heavy atom. The maximum absolute atomic E-state index is 10.3. The van der Waals surface area contributed by atoms with Crippen LogP contribution in [0.15, 0.2) is 30.4 Å². The van der Waals surface area contributed by atoms with E-state index in [9.17, 15) is 4.79 Å². The number of carboxylic acid groups (broad SMARTS) is 1. The number of allylic oxidation sites excluding steroid dienone is 1. The van der Waals surface area contributed by atoms with Gasteiger partial charge in [0.25, 0.3) is 0 Å². The molecular formula is C12H12O4. The van der Waals surface area contributed by atoms with Crippen molar-refractivity contribution in [3.05, 3.63) is 35.9 Å². The molecule has 16 heavy (non-hydrogen) atoms. The van der Waals surface area contributed by atoms with Gasteiger partial charge in [-0.05, 0) is 24.1 Å². The molecule has 0 saturated carbocycles. The lowest BCUT2D eigenvalue weighted by Gasteiger charge is -2.18. The van der Waals surface area contributed by atoms with Gasteiger partial charge in [0, 0.05) is 6.08 Å². The molecule has 0 radical (unpaired) electrons. The monoisotopic (exact) mass is 220 g/mol. The predicted octanol–water partition coefficient (Wildman–Crippen LogP) is 1.64. The Kier molecular flexibility index (Phi) is 3.10. The molecule has 0 unspecified atom stereocenters. The van der Waals surface area contributed by atoms with Crippen LogP contribution in [0, 0.1) is 0 Å². The van der Waals surface area contributed by atoms with Crippen molar-refractivity contribution in [2.45, 2.75) is 6.42 Å². The van der Waals surface area contributed by atoms with Crippen LogP contribution in [0.5, 0.6) is 11.5 Å². The highest BCUT2D eigenvalue weighted by atomic mass is 16.6. The summed E-state index contributed by atoms with van der Waals surface area (Å²) in [7, 11) is 0. The molecule has 0 fully saturated rings. The average molecular weight is 220 g/mol. The van der Waals surface area contributed by atoms with E-state index >= 15 is 0 Å². The van der Waals surface area contributed by atoms with E-state index in [0.29, 0.717) is 19.6 Å². The topological polar surface area (TPSA) is 55.8 Å². The molecule has 0 bridgehead atoms. The van der Waals surface area contributed by atoms with E-state index < -0.39 is 5.97 Å². The van der Waals surface area contributed by atoms with Gasteiger partial charge < -0.3 is 14.6 Å². The first-order valence-electron chi connectivity index (χ1n) is 5.04. The fraction of sp³-hybridized carbons (Fsp3) is 0.250. The molecule has 1 aliphatic rings. The minimum absolute atomic E-state index is 0.557. The van der Waals surface area contributed by atoms with Crippen LogP contribution in [-0.2, 0) is 11.2 Å². The quantitative estimate of drug-likeness (QED) is 0.787. The van der Waals surface area contributed by atoms with Gasteiger partial charge in [-0.25, -0.2) is 4.79 Å². The smallest absolute Gasteiger partial charge is 0.327 e. The molecular weight excluding hydrogens is 208 g/mol. The number of benzene rings is 1. The average Bonchev–Trinajstić information content (AvgIpc) is 2.28. The number of ether oxygens (including phenoxy) is 2. The molecule has 0 aliphatic carbocycles. The van der Waals surface area contributed by atoms with Gasteiger partial charge in [0.05, 0.1) is 0 Å². The van der Waals surface area contributed by atoms with Crippen LogP contribution >= 0.6 is 0 Å². The normalized spacial score (nSPS) is 14.0. The van der Waals surface area contributed by atoms with Crippen molar-refractivity contribution in [2.24, 2.45) is 0 Å². The van der Waals surface area contributed by atoms with Crippen LogP contribution in [-0.4, -0.2) is 24.3 Å². The standard InChI is InChI=1S/C12H12O4/c13-12(14)3-1-2-9-4-5-10-11(8-9)16-7-6-15-10/h1,3-5,8H,2,6-7H2,(H,13,14)/b3-1+. The zero-order valence-corrected chi connectivity index (χ0v) is 8.68. The van der Waals surface area contributed by atoms with Gasteiger partial charge in [0.2, 0.25) is 0 Å². The third-order valence-corrected chi connectivity index (χ3v) is 2.22. The highest BCUT2D eigenvalue weighted by Gasteiger charge is 2.10. The number of rotatable bonds is 3. The molecule has 1 heterocycles. The molecule has 1 aliphatic heterocycles. The first-order chi connectivity index (χ1) is 7.75. The lowest BCUT2D eigenvalue weighted by atomic mass is 10.1. The number of hydrogen-bond donors (Lipinski definition) is 1. The largest absolute Gasteiger partial charge is 0.486 e. The third-order valence-electron chi connectivity index (χ3n) is 2.22. The van der Waals surface area contributed by atoms with Crippen LogP contribution in [0.2, 0.25) is 0 Å². The molecule has 84 valence electrons. The van der Waals surface area contributed by atoms with E-state index in [0.717, 1.165) is 23.1 Å². The molecule has 0 spiro atoms. The summed E-state index contributed by atoms with van der Waals surface area (Å²) in [6, 6.07) is 5.62. The van der Waals surface area contributed by atoms with Gasteiger partial charge in [0.1, 0.15) is 13.2 Å². The zero-order chi connectivity index (χ0) is 11.4. The van der Waals surface area contributed by atoms with E-state index in [1.165, 1.54) is 0 Å². The van der Waals surface area contributed by atoms with Crippen LogP contribution in [0.1, 0.15) is 5.56 Å². The second-order valence-electron chi connectivity index (χ2n) is 3.42. The number of hydrogen-bond acceptors (Lipinski definition) is 3. The molecule has 0 amide bonds. The van der Waals surface area contributed by atoms with Crippen LogP contribution in [0.3, 0.4) is 0 Å². The molecule has 4 nitrogen and oxygen atoms in total. The third kappa shape index (κ3) is 2.53. The van der Waals surface area contributed by atoms with Gasteiger partial charge in [-0.2, -0.15) is 0 Å². The highest BCUT2D eigenvalue weighted by molar-refractivity contribution is 5.79. The van der Waals surface area contributed by atoms with Gasteiger partial charge in [-0.15, -0.1) is 0 Å². The number of carbonyl (C=O) groups is 1. The van der Waals surface area contributed by atoms with E-state index in [-0.39, 0.29) is 0 Å². The SMILES string of the molecule is O=C(O)/C=C/Cc1ccc2c(c1)OCCO2. The molecule has 4 heteroatoms. The van der Waals surface area contributed by atoms with Crippen molar-refractivity contribution in [1.82, 2.24) is 0 Å². The van der Waals surface area contributed by atoms with Crippen molar-refractivity contribution in [3.63, 3.8) is 0 Å². The summed E-state index contributed by atoms with van der Waals surface area (Å²) in [5.74, 6) is 0.544. The zero-order valence-electron chi connectivity index (χ0n) is 8.68. The molecule has 2 rings (SSSR count). The predicted molar refractivity (Wildman–Crippen MR) is 57.9 cm³/mol. The molecule has 0 aromatic heterocycles. The summed E-state index contributed by atoms with van der Waals surface area (Å²) >= 11 is 0. The van der Waals surface area contributed by atoms with Crippen LogP contribution in [0.4, 0.5) is 0 Å². The van der Waals surface area contributed by atoms with Crippen molar-refractivity contribution >= 4 is 5.97 Å². The van der Waals surface area contributed by atoms with Crippen molar-refractivity contribution in [2.75, 3.05) is 13.2 Å². The highest BCUT2D eigenvalue weighted by Crippen LogP contribution is 2.30. The van der Waals surface area contributed by atoms with Gasteiger partial charge in [-0.3, -0.25) is 0 Å². The molecule has 0 saturated heterocycles. The maximum Gasteiger partial charge on any atom is 0.327 e. The summed E-state index contributed by atoms with van der Waals surface area (Å²) in [5, 5.41) is 8.45. The summed E-state index contributed by atoms with van der Waals surface area (Å²) in [4.78, 5) is 10.3. The number of aliphatic carboxylic acids is 1. The van der Waals surface area contributed by atoms with E-state index in [1.54, 1.807) is 6.08 Å². The summed E-state index contributed by atoms with van der Waals surface area (Å²) < 4.78 is 10.8. The minimum atomic E-state index is -0.933. The minimum Gasteiger partial charge on any atom is -0.486 e. The summed E-state index contributed by atoms with van der Waals surface area (Å²) in [6.45, 7) is 1.13. The molecule has 1 aromatic rings. The number of carboxylic acids is 1. The maximum atomic E-state index is 10.3. The Morgan fingerprint density at radius 3 is 2.81 bits per heavy atom. The Morgan fingerprint density at radius 1 is 1.31 bits per heavy atom. The van der Waals surface area contributed by atoms with E-state index in [4.69, 9.17) is 14.6 Å². The van der Waals surface area contributed by atoms with Crippen molar-refractivity contribution < 1.29 is 19.4 Å². The van der Waals surface area contributed by atoms with E-state index in [2.05, 4.69) is 0 Å². The lowest BCUT2D eigenvalue weighted by Crippen LogP contribution is -2.15. The Labute approximate surface area is 93.1 Å². The molecule has 1 aromatic carbocycles. The Balaban J connectivity index is 2.08. The van der Waals surface area contributed by atoms with Gasteiger partial charge >= 0.3 is 5.97 Å². The van der Waals surface area contributed by atoms with Crippen molar-refractivity contribution in [1.29, 1.82) is 0 Å². The van der Waals surface area contributed by atoms with Crippen molar-refractivity contribution in [3.8, 4) is 11.5 Å². The van der Waals surface area contributed by atoms with Gasteiger partial charge in [-0.1, -0.05) is 12.1 Å². The summed E-state index contributed by atoms with van der Waals surface area (Å²) in [5.41, 5.74) is 1.00. The number of fused-ring (bicyclic) bond motifs is 1. The summed E-state index contributed by atoms with van der Waals surface area (Å²) in [6.07, 6.45) is 3.31. The molecule has 1 N–H and O–H groups in total. The van der Waals surface area contributed by atoms with Gasteiger partial charge in [0.15, 0.2) is 11.5 Å².